The molecule has 0 saturated carbocycles. The van der Waals surface area contributed by atoms with Crippen molar-refractivity contribution in [3.8, 4) is 0 Å². The Morgan fingerprint density at radius 3 is 3.17 bits per heavy atom. The standard InChI is InChI=1S/C14H20N2OS/c1-9-5-6-15-8-11(9)16-14(17)13-7-10-3-2-4-12(10)18-13/h7,9,11,15H,2-6,8H2,1H3,(H,16,17). The number of amides is 1. The predicted molar refractivity (Wildman–Crippen MR) is 74.2 cm³/mol. The lowest BCUT2D eigenvalue weighted by atomic mass is 9.95. The van der Waals surface area contributed by atoms with Gasteiger partial charge in [0.1, 0.15) is 0 Å². The van der Waals surface area contributed by atoms with Gasteiger partial charge in [-0.05, 0) is 49.8 Å². The number of hydrogen-bond acceptors (Lipinski definition) is 3. The van der Waals surface area contributed by atoms with Crippen LogP contribution in [-0.4, -0.2) is 25.0 Å². The number of hydrogen-bond donors (Lipinski definition) is 2. The van der Waals surface area contributed by atoms with Crippen LogP contribution in [0.5, 0.6) is 0 Å². The molecule has 1 aliphatic carbocycles. The van der Waals surface area contributed by atoms with Gasteiger partial charge >= 0.3 is 0 Å². The summed E-state index contributed by atoms with van der Waals surface area (Å²) in [7, 11) is 0. The molecule has 3 nitrogen and oxygen atoms in total. The maximum atomic E-state index is 12.2. The predicted octanol–water partition coefficient (Wildman–Crippen LogP) is 1.96. The van der Waals surface area contributed by atoms with Crippen molar-refractivity contribution in [2.75, 3.05) is 13.1 Å². The molecule has 2 atom stereocenters. The fourth-order valence-corrected chi connectivity index (χ4v) is 4.02. The third-order valence-corrected chi connectivity index (χ3v) is 5.35. The number of nitrogens with one attached hydrogen (secondary N) is 2. The highest BCUT2D eigenvalue weighted by Crippen LogP contribution is 2.30. The summed E-state index contributed by atoms with van der Waals surface area (Å²) in [5.74, 6) is 0.692. The van der Waals surface area contributed by atoms with Crippen LogP contribution in [-0.2, 0) is 12.8 Å². The van der Waals surface area contributed by atoms with Gasteiger partial charge < -0.3 is 10.6 Å². The van der Waals surface area contributed by atoms with E-state index in [0.717, 1.165) is 37.2 Å². The molecule has 4 heteroatoms. The van der Waals surface area contributed by atoms with Crippen LogP contribution in [0.4, 0.5) is 0 Å². The van der Waals surface area contributed by atoms with Crippen molar-refractivity contribution in [1.29, 1.82) is 0 Å². The second-order valence-corrected chi connectivity index (χ2v) is 6.60. The lowest BCUT2D eigenvalue weighted by molar-refractivity contribution is 0.0919. The topological polar surface area (TPSA) is 41.1 Å². The highest BCUT2D eigenvalue weighted by Gasteiger charge is 2.25. The van der Waals surface area contributed by atoms with Crippen LogP contribution in [0.1, 0.15) is 39.9 Å². The SMILES string of the molecule is CC1CCNCC1NC(=O)c1cc2c(s1)CCC2. The highest BCUT2D eigenvalue weighted by atomic mass is 32.1. The zero-order valence-electron chi connectivity index (χ0n) is 10.8. The van der Waals surface area contributed by atoms with E-state index in [1.807, 2.05) is 0 Å². The Morgan fingerprint density at radius 1 is 1.50 bits per heavy atom. The van der Waals surface area contributed by atoms with Crippen molar-refractivity contribution in [1.82, 2.24) is 10.6 Å². The van der Waals surface area contributed by atoms with Crippen LogP contribution >= 0.6 is 11.3 Å². The zero-order valence-corrected chi connectivity index (χ0v) is 11.6. The largest absolute Gasteiger partial charge is 0.347 e. The Morgan fingerprint density at radius 2 is 2.39 bits per heavy atom. The first-order valence-corrected chi connectivity index (χ1v) is 7.69. The second kappa shape index (κ2) is 5.02. The zero-order chi connectivity index (χ0) is 12.5. The fraction of sp³-hybridized carbons (Fsp3) is 0.643. The average molecular weight is 264 g/mol. The van der Waals surface area contributed by atoms with Gasteiger partial charge in [-0.15, -0.1) is 11.3 Å². The van der Waals surface area contributed by atoms with Crippen LogP contribution in [0.3, 0.4) is 0 Å². The number of piperidine rings is 1. The van der Waals surface area contributed by atoms with Crippen molar-refractivity contribution < 1.29 is 4.79 Å². The summed E-state index contributed by atoms with van der Waals surface area (Å²) in [6.07, 6.45) is 4.72. The van der Waals surface area contributed by atoms with E-state index in [0.29, 0.717) is 5.92 Å². The molecule has 1 aliphatic heterocycles. The van der Waals surface area contributed by atoms with Gasteiger partial charge in [0.25, 0.3) is 5.91 Å². The Bertz CT molecular complexity index is 433. The fourth-order valence-electron chi connectivity index (χ4n) is 2.86. The van der Waals surface area contributed by atoms with E-state index in [-0.39, 0.29) is 11.9 Å². The summed E-state index contributed by atoms with van der Waals surface area (Å²) in [4.78, 5) is 14.6. The smallest absolute Gasteiger partial charge is 0.261 e. The summed E-state index contributed by atoms with van der Waals surface area (Å²) >= 11 is 1.69. The Balaban J connectivity index is 1.66. The molecule has 1 amide bonds. The molecule has 2 heterocycles. The third kappa shape index (κ3) is 2.31. The molecule has 0 radical (unpaired) electrons. The number of carbonyl (C=O) groups is 1. The van der Waals surface area contributed by atoms with E-state index in [2.05, 4.69) is 23.6 Å². The second-order valence-electron chi connectivity index (χ2n) is 5.46. The van der Waals surface area contributed by atoms with Gasteiger partial charge in [0.2, 0.25) is 0 Å². The van der Waals surface area contributed by atoms with E-state index in [9.17, 15) is 4.79 Å². The van der Waals surface area contributed by atoms with E-state index >= 15 is 0 Å². The van der Waals surface area contributed by atoms with Gasteiger partial charge in [0.15, 0.2) is 0 Å². The van der Waals surface area contributed by atoms with E-state index in [1.165, 1.54) is 16.9 Å². The number of carbonyl (C=O) groups excluding carboxylic acids is 1. The van der Waals surface area contributed by atoms with Crippen LogP contribution in [0, 0.1) is 5.92 Å². The van der Waals surface area contributed by atoms with Crippen LogP contribution in [0.2, 0.25) is 0 Å². The first-order valence-electron chi connectivity index (χ1n) is 6.87. The van der Waals surface area contributed by atoms with Gasteiger partial charge in [-0.3, -0.25) is 4.79 Å². The molecule has 0 aromatic carbocycles. The molecular weight excluding hydrogens is 244 g/mol. The maximum Gasteiger partial charge on any atom is 0.261 e. The molecule has 2 aliphatic rings. The summed E-state index contributed by atoms with van der Waals surface area (Å²) < 4.78 is 0. The Labute approximate surface area is 112 Å². The lowest BCUT2D eigenvalue weighted by Gasteiger charge is -2.30. The molecule has 2 unspecified atom stereocenters. The van der Waals surface area contributed by atoms with Gasteiger partial charge in [-0.1, -0.05) is 6.92 Å². The quantitative estimate of drug-likeness (QED) is 0.857. The summed E-state index contributed by atoms with van der Waals surface area (Å²) in [5.41, 5.74) is 1.40. The van der Waals surface area contributed by atoms with Crippen molar-refractivity contribution >= 4 is 17.2 Å². The van der Waals surface area contributed by atoms with E-state index in [1.54, 1.807) is 11.3 Å². The summed E-state index contributed by atoms with van der Waals surface area (Å²) in [6, 6.07) is 2.38. The minimum atomic E-state index is 0.120. The van der Waals surface area contributed by atoms with Gasteiger partial charge in [0, 0.05) is 17.5 Å². The first-order chi connectivity index (χ1) is 8.74. The molecule has 18 heavy (non-hydrogen) atoms. The van der Waals surface area contributed by atoms with Crippen molar-refractivity contribution in [2.45, 2.75) is 38.6 Å². The molecule has 0 bridgehead atoms. The number of thiophene rings is 1. The Hall–Kier alpha value is -0.870. The monoisotopic (exact) mass is 264 g/mol. The molecule has 1 aromatic heterocycles. The van der Waals surface area contributed by atoms with Crippen molar-refractivity contribution in [3.63, 3.8) is 0 Å². The molecule has 2 N–H and O–H groups in total. The van der Waals surface area contributed by atoms with Gasteiger partial charge in [-0.25, -0.2) is 0 Å². The lowest BCUT2D eigenvalue weighted by Crippen LogP contribution is -2.50. The summed E-state index contributed by atoms with van der Waals surface area (Å²) in [5, 5.41) is 6.53. The van der Waals surface area contributed by atoms with E-state index in [4.69, 9.17) is 0 Å². The maximum absolute atomic E-state index is 12.2. The molecule has 1 aromatic rings. The third-order valence-electron chi connectivity index (χ3n) is 4.11. The van der Waals surface area contributed by atoms with Crippen LogP contribution in [0.25, 0.3) is 0 Å². The molecular formula is C14H20N2OS. The normalized spacial score (nSPS) is 26.9. The Kier molecular flexibility index (Phi) is 3.39. The molecule has 3 rings (SSSR count). The molecule has 98 valence electrons. The number of aryl methyl sites for hydroxylation is 2. The first kappa shape index (κ1) is 12.2. The van der Waals surface area contributed by atoms with Gasteiger partial charge in [0.05, 0.1) is 4.88 Å². The molecule has 1 saturated heterocycles. The summed E-state index contributed by atoms with van der Waals surface area (Å²) in [6.45, 7) is 4.19. The molecule has 0 spiro atoms. The van der Waals surface area contributed by atoms with Crippen molar-refractivity contribution in [3.05, 3.63) is 21.4 Å². The number of fused-ring (bicyclic) bond motifs is 1. The average Bonchev–Trinajstić information content (AvgIpc) is 2.92. The van der Waals surface area contributed by atoms with Crippen molar-refractivity contribution in [2.24, 2.45) is 5.92 Å². The van der Waals surface area contributed by atoms with Gasteiger partial charge in [-0.2, -0.15) is 0 Å². The highest BCUT2D eigenvalue weighted by molar-refractivity contribution is 7.14. The van der Waals surface area contributed by atoms with Crippen LogP contribution < -0.4 is 10.6 Å². The van der Waals surface area contributed by atoms with E-state index < -0.39 is 0 Å². The minimum absolute atomic E-state index is 0.120. The number of rotatable bonds is 2. The molecule has 1 fully saturated rings. The minimum Gasteiger partial charge on any atom is -0.347 e. The van der Waals surface area contributed by atoms with Crippen LogP contribution in [0.15, 0.2) is 6.07 Å².